The van der Waals surface area contributed by atoms with Crippen LogP contribution in [0.4, 0.5) is 5.69 Å². The summed E-state index contributed by atoms with van der Waals surface area (Å²) in [4.78, 5) is 30.9. The molecule has 4 aromatic rings. The molecule has 0 aliphatic heterocycles. The van der Waals surface area contributed by atoms with Gasteiger partial charge in [0.1, 0.15) is 11.6 Å². The van der Waals surface area contributed by atoms with Crippen molar-refractivity contribution in [1.29, 1.82) is 0 Å². The largest absolute Gasteiger partial charge is 0.456 e. The lowest BCUT2D eigenvalue weighted by Crippen LogP contribution is -2.15. The van der Waals surface area contributed by atoms with E-state index < -0.39 is 5.97 Å². The van der Waals surface area contributed by atoms with Crippen LogP contribution in [0, 0.1) is 6.92 Å². The Kier molecular flexibility index (Phi) is 7.44. The molecule has 1 amide bonds. The Morgan fingerprint density at radius 1 is 1.03 bits per heavy atom. The second-order valence-corrected chi connectivity index (χ2v) is 9.34. The maximum atomic E-state index is 12.3. The van der Waals surface area contributed by atoms with Crippen molar-refractivity contribution in [2.24, 2.45) is 0 Å². The number of anilines is 1. The fourth-order valence-electron chi connectivity index (χ4n) is 3.08. The molecule has 2 heterocycles. The molecule has 0 saturated heterocycles. The van der Waals surface area contributed by atoms with Gasteiger partial charge < -0.3 is 10.1 Å². The van der Waals surface area contributed by atoms with Crippen LogP contribution in [-0.2, 0) is 27.4 Å². The van der Waals surface area contributed by atoms with Gasteiger partial charge in [-0.1, -0.05) is 48.5 Å². The number of thiophene rings is 1. The van der Waals surface area contributed by atoms with Crippen molar-refractivity contribution < 1.29 is 14.3 Å². The zero-order chi connectivity index (χ0) is 23.0. The third kappa shape index (κ3) is 6.47. The summed E-state index contributed by atoms with van der Waals surface area (Å²) in [6, 6.07) is 21.7. The number of carbonyl (C=O) groups excluding carboxylic acids is 2. The van der Waals surface area contributed by atoms with E-state index in [2.05, 4.69) is 22.4 Å². The topological polar surface area (TPSA) is 68.3 Å². The van der Waals surface area contributed by atoms with E-state index in [4.69, 9.17) is 4.74 Å². The lowest BCUT2D eigenvalue weighted by atomic mass is 10.2. The molecule has 166 valence electrons. The van der Waals surface area contributed by atoms with Gasteiger partial charge in [-0.25, -0.2) is 9.78 Å². The zero-order valence-corrected chi connectivity index (χ0v) is 19.6. The summed E-state index contributed by atoms with van der Waals surface area (Å²) in [7, 11) is 0. The first-order chi connectivity index (χ1) is 16.1. The second-order valence-electron chi connectivity index (χ2n) is 7.28. The fourth-order valence-corrected chi connectivity index (χ4v) is 4.78. The minimum atomic E-state index is -0.434. The standard InChI is InChI=1S/C26H22N2O3S2/c1-18-7-5-6-10-22(18)28-24(29)15-25-27-20(17-32-25)16-31-26(30)14-12-21-11-13-23(33-21)19-8-3-2-4-9-19/h2-14,17H,15-16H2,1H3,(H,28,29)/b14-12+. The Bertz CT molecular complexity index is 1280. The van der Waals surface area contributed by atoms with E-state index in [1.807, 2.05) is 61.5 Å². The number of nitrogens with one attached hydrogen (secondary N) is 1. The SMILES string of the molecule is Cc1ccccc1NC(=O)Cc1nc(COC(=O)/C=C/c2ccc(-c3ccccc3)s2)cs1. The molecule has 2 aromatic carbocycles. The van der Waals surface area contributed by atoms with Crippen molar-refractivity contribution >= 4 is 46.3 Å². The van der Waals surface area contributed by atoms with Crippen LogP contribution in [0.15, 0.2) is 78.2 Å². The Balaban J connectivity index is 1.25. The molecule has 1 N–H and O–H groups in total. The molecule has 5 nitrogen and oxygen atoms in total. The molecule has 0 unspecified atom stereocenters. The van der Waals surface area contributed by atoms with Gasteiger partial charge in [-0.15, -0.1) is 22.7 Å². The van der Waals surface area contributed by atoms with Gasteiger partial charge in [0, 0.05) is 26.9 Å². The summed E-state index contributed by atoms with van der Waals surface area (Å²) in [6.07, 6.45) is 3.35. The number of ether oxygens (including phenoxy) is 1. The smallest absolute Gasteiger partial charge is 0.331 e. The summed E-state index contributed by atoms with van der Waals surface area (Å²) in [5.41, 5.74) is 3.57. The van der Waals surface area contributed by atoms with E-state index in [-0.39, 0.29) is 18.9 Å². The number of hydrogen-bond acceptors (Lipinski definition) is 6. The molecule has 0 radical (unpaired) electrons. The van der Waals surface area contributed by atoms with Crippen molar-refractivity contribution in [1.82, 2.24) is 4.98 Å². The van der Waals surface area contributed by atoms with Gasteiger partial charge in [0.25, 0.3) is 0 Å². The molecule has 0 atom stereocenters. The highest BCUT2D eigenvalue weighted by atomic mass is 32.1. The molecule has 4 rings (SSSR count). The number of aromatic nitrogens is 1. The molecule has 0 aliphatic carbocycles. The van der Waals surface area contributed by atoms with Crippen LogP contribution in [0.3, 0.4) is 0 Å². The summed E-state index contributed by atoms with van der Waals surface area (Å²) in [5.74, 6) is -0.563. The van der Waals surface area contributed by atoms with Crippen molar-refractivity contribution in [3.05, 3.63) is 99.3 Å². The van der Waals surface area contributed by atoms with Gasteiger partial charge in [0.2, 0.25) is 5.91 Å². The lowest BCUT2D eigenvalue weighted by molar-refractivity contribution is -0.139. The van der Waals surface area contributed by atoms with Crippen molar-refractivity contribution in [3.8, 4) is 10.4 Å². The van der Waals surface area contributed by atoms with Gasteiger partial charge in [0.05, 0.1) is 12.1 Å². The Labute approximate surface area is 200 Å². The first kappa shape index (κ1) is 22.6. The summed E-state index contributed by atoms with van der Waals surface area (Å²) < 4.78 is 5.29. The molecule has 0 saturated carbocycles. The molecule has 33 heavy (non-hydrogen) atoms. The van der Waals surface area contributed by atoms with Crippen LogP contribution in [0.1, 0.15) is 21.1 Å². The predicted octanol–water partition coefficient (Wildman–Crippen LogP) is 6.12. The molecular weight excluding hydrogens is 452 g/mol. The maximum absolute atomic E-state index is 12.3. The number of aryl methyl sites for hydroxylation is 1. The fraction of sp³-hybridized carbons (Fsp3) is 0.115. The molecule has 7 heteroatoms. The molecule has 0 aliphatic rings. The number of hydrogen-bond donors (Lipinski definition) is 1. The summed E-state index contributed by atoms with van der Waals surface area (Å²) in [6.45, 7) is 2.01. The van der Waals surface area contributed by atoms with Crippen LogP contribution in [-0.4, -0.2) is 16.9 Å². The molecular formula is C26H22N2O3S2. The number of amides is 1. The number of thiazole rings is 1. The Hall–Kier alpha value is -3.55. The highest BCUT2D eigenvalue weighted by molar-refractivity contribution is 7.16. The van der Waals surface area contributed by atoms with Crippen molar-refractivity contribution in [2.45, 2.75) is 20.0 Å². The van der Waals surface area contributed by atoms with E-state index >= 15 is 0 Å². The predicted molar refractivity (Wildman–Crippen MR) is 134 cm³/mol. The van der Waals surface area contributed by atoms with E-state index in [9.17, 15) is 9.59 Å². The monoisotopic (exact) mass is 474 g/mol. The molecule has 0 fully saturated rings. The van der Waals surface area contributed by atoms with Gasteiger partial charge in [-0.05, 0) is 42.3 Å². The molecule has 0 bridgehead atoms. The average Bonchev–Trinajstić information content (AvgIpc) is 3.48. The first-order valence-electron chi connectivity index (χ1n) is 10.4. The number of carbonyl (C=O) groups is 2. The summed E-state index contributed by atoms with van der Waals surface area (Å²) >= 11 is 2.99. The minimum absolute atomic E-state index is 0.0682. The third-order valence-electron chi connectivity index (χ3n) is 4.76. The van der Waals surface area contributed by atoms with Crippen LogP contribution < -0.4 is 5.32 Å². The number of esters is 1. The van der Waals surface area contributed by atoms with Crippen molar-refractivity contribution in [2.75, 3.05) is 5.32 Å². The van der Waals surface area contributed by atoms with Gasteiger partial charge >= 0.3 is 5.97 Å². The van der Waals surface area contributed by atoms with E-state index in [1.54, 1.807) is 22.8 Å². The highest BCUT2D eigenvalue weighted by Gasteiger charge is 2.10. The highest BCUT2D eigenvalue weighted by Crippen LogP contribution is 2.28. The van der Waals surface area contributed by atoms with Crippen LogP contribution in [0.2, 0.25) is 0 Å². The van der Waals surface area contributed by atoms with E-state index in [0.29, 0.717) is 10.7 Å². The number of para-hydroxylation sites is 1. The van der Waals surface area contributed by atoms with Crippen LogP contribution >= 0.6 is 22.7 Å². The van der Waals surface area contributed by atoms with Crippen LogP contribution in [0.25, 0.3) is 16.5 Å². The summed E-state index contributed by atoms with van der Waals surface area (Å²) in [5, 5.41) is 5.38. The number of nitrogens with zero attached hydrogens (tertiary/aromatic N) is 1. The third-order valence-corrected chi connectivity index (χ3v) is 6.76. The quantitative estimate of drug-likeness (QED) is 0.247. The van der Waals surface area contributed by atoms with E-state index in [0.717, 1.165) is 26.6 Å². The van der Waals surface area contributed by atoms with Gasteiger partial charge in [-0.3, -0.25) is 4.79 Å². The average molecular weight is 475 g/mol. The maximum Gasteiger partial charge on any atom is 0.331 e. The lowest BCUT2D eigenvalue weighted by Gasteiger charge is -2.06. The van der Waals surface area contributed by atoms with Crippen molar-refractivity contribution in [3.63, 3.8) is 0 Å². The van der Waals surface area contributed by atoms with Gasteiger partial charge in [0.15, 0.2) is 0 Å². The Morgan fingerprint density at radius 3 is 2.64 bits per heavy atom. The minimum Gasteiger partial charge on any atom is -0.456 e. The van der Waals surface area contributed by atoms with Crippen LogP contribution in [0.5, 0.6) is 0 Å². The number of benzene rings is 2. The number of rotatable bonds is 8. The molecule has 0 spiro atoms. The van der Waals surface area contributed by atoms with Gasteiger partial charge in [-0.2, -0.15) is 0 Å². The first-order valence-corrected chi connectivity index (χ1v) is 12.1. The Morgan fingerprint density at radius 2 is 1.82 bits per heavy atom. The second kappa shape index (κ2) is 10.8. The normalized spacial score (nSPS) is 10.9. The zero-order valence-electron chi connectivity index (χ0n) is 18.0. The molecule has 2 aromatic heterocycles. The van der Waals surface area contributed by atoms with E-state index in [1.165, 1.54) is 17.4 Å².